The van der Waals surface area contributed by atoms with Gasteiger partial charge in [-0.2, -0.15) is 0 Å². The molecule has 1 rings (SSSR count). The Kier molecular flexibility index (Phi) is 5.69. The van der Waals surface area contributed by atoms with Crippen molar-refractivity contribution in [2.75, 3.05) is 39.5 Å². The third-order valence-corrected chi connectivity index (χ3v) is 2.84. The molecule has 4 heteroatoms. The first kappa shape index (κ1) is 13.9. The molecule has 0 saturated carbocycles. The van der Waals surface area contributed by atoms with E-state index in [1.165, 1.54) is 0 Å². The fourth-order valence-electron chi connectivity index (χ4n) is 1.90. The van der Waals surface area contributed by atoms with Crippen LogP contribution < -0.4 is 5.32 Å². The van der Waals surface area contributed by atoms with E-state index in [-0.39, 0.29) is 18.2 Å². The lowest BCUT2D eigenvalue weighted by Crippen LogP contribution is -2.48. The minimum atomic E-state index is 0.196. The van der Waals surface area contributed by atoms with E-state index in [9.17, 15) is 5.11 Å². The number of aliphatic hydroxyl groups excluding tert-OH is 1. The predicted molar refractivity (Wildman–Crippen MR) is 65.6 cm³/mol. The number of rotatable bonds is 5. The molecule has 2 N–H and O–H groups in total. The molecule has 0 aromatic heterocycles. The van der Waals surface area contributed by atoms with Crippen molar-refractivity contribution in [2.24, 2.45) is 0 Å². The summed E-state index contributed by atoms with van der Waals surface area (Å²) in [7, 11) is 0. The van der Waals surface area contributed by atoms with E-state index in [0.29, 0.717) is 6.61 Å². The first-order chi connectivity index (χ1) is 7.53. The molecule has 0 aliphatic carbocycles. The van der Waals surface area contributed by atoms with Crippen LogP contribution in [-0.4, -0.2) is 61.0 Å². The van der Waals surface area contributed by atoms with Crippen molar-refractivity contribution in [3.63, 3.8) is 0 Å². The monoisotopic (exact) mass is 230 g/mol. The summed E-state index contributed by atoms with van der Waals surface area (Å²) >= 11 is 0. The van der Waals surface area contributed by atoms with E-state index in [1.54, 1.807) is 0 Å². The van der Waals surface area contributed by atoms with E-state index in [4.69, 9.17) is 4.74 Å². The Balaban J connectivity index is 2.15. The van der Waals surface area contributed by atoms with E-state index in [2.05, 4.69) is 31.0 Å². The Bertz CT molecular complexity index is 192. The van der Waals surface area contributed by atoms with Gasteiger partial charge in [0.2, 0.25) is 0 Å². The fourth-order valence-corrected chi connectivity index (χ4v) is 1.90. The minimum absolute atomic E-state index is 0.196. The van der Waals surface area contributed by atoms with Crippen molar-refractivity contribution in [3.8, 4) is 0 Å². The summed E-state index contributed by atoms with van der Waals surface area (Å²) in [6.07, 6.45) is 1.12. The normalized spacial score (nSPS) is 23.6. The molecule has 0 spiro atoms. The highest BCUT2D eigenvalue weighted by atomic mass is 16.5. The first-order valence-electron chi connectivity index (χ1n) is 6.20. The van der Waals surface area contributed by atoms with E-state index in [1.807, 2.05) is 0 Å². The van der Waals surface area contributed by atoms with Crippen LogP contribution in [0.3, 0.4) is 0 Å². The van der Waals surface area contributed by atoms with Crippen molar-refractivity contribution < 1.29 is 9.84 Å². The predicted octanol–water partition coefficient (Wildman–Crippen LogP) is 0.458. The van der Waals surface area contributed by atoms with Gasteiger partial charge in [-0.15, -0.1) is 0 Å². The molecular formula is C12H26N2O2. The van der Waals surface area contributed by atoms with Crippen LogP contribution in [-0.2, 0) is 4.74 Å². The molecule has 1 fully saturated rings. The maximum absolute atomic E-state index is 9.21. The Morgan fingerprint density at radius 3 is 2.81 bits per heavy atom. The smallest absolute Gasteiger partial charge is 0.0644 e. The van der Waals surface area contributed by atoms with Gasteiger partial charge in [0.25, 0.3) is 0 Å². The summed E-state index contributed by atoms with van der Waals surface area (Å²) in [5.74, 6) is 0. The second kappa shape index (κ2) is 6.55. The number of hydrogen-bond donors (Lipinski definition) is 2. The molecule has 0 radical (unpaired) electrons. The number of nitrogens with zero attached hydrogens (tertiary/aromatic N) is 1. The SMILES string of the molecule is CC(C)(C)NCCCN1CCOCC1CO. The molecule has 0 bridgehead atoms. The zero-order valence-corrected chi connectivity index (χ0v) is 10.8. The van der Waals surface area contributed by atoms with Crippen LogP contribution in [0.2, 0.25) is 0 Å². The topological polar surface area (TPSA) is 44.7 Å². The Labute approximate surface area is 99.0 Å². The van der Waals surface area contributed by atoms with Crippen molar-refractivity contribution in [3.05, 3.63) is 0 Å². The van der Waals surface area contributed by atoms with Crippen LogP contribution >= 0.6 is 0 Å². The van der Waals surface area contributed by atoms with Gasteiger partial charge in [0.05, 0.1) is 25.9 Å². The average molecular weight is 230 g/mol. The lowest BCUT2D eigenvalue weighted by atomic mass is 10.1. The molecule has 1 atom stereocenters. The molecule has 16 heavy (non-hydrogen) atoms. The summed E-state index contributed by atoms with van der Waals surface area (Å²) in [5, 5.41) is 12.7. The summed E-state index contributed by atoms with van der Waals surface area (Å²) in [4.78, 5) is 2.33. The molecule has 4 nitrogen and oxygen atoms in total. The third kappa shape index (κ3) is 5.25. The summed E-state index contributed by atoms with van der Waals surface area (Å²) in [6.45, 7) is 11.2. The Morgan fingerprint density at radius 1 is 1.44 bits per heavy atom. The maximum atomic E-state index is 9.21. The van der Waals surface area contributed by atoms with Crippen molar-refractivity contribution in [2.45, 2.75) is 38.8 Å². The van der Waals surface area contributed by atoms with Crippen LogP contribution in [0.5, 0.6) is 0 Å². The molecule has 96 valence electrons. The molecule has 1 aliphatic rings. The standard InChI is InChI=1S/C12H26N2O2/c1-12(2,3)13-5-4-6-14-7-8-16-10-11(14)9-15/h11,13,15H,4-10H2,1-3H3. The van der Waals surface area contributed by atoms with Gasteiger partial charge in [-0.25, -0.2) is 0 Å². The quantitative estimate of drug-likeness (QED) is 0.674. The van der Waals surface area contributed by atoms with Gasteiger partial charge < -0.3 is 15.2 Å². The average Bonchev–Trinajstić information content (AvgIpc) is 2.23. The van der Waals surface area contributed by atoms with Crippen LogP contribution in [0.25, 0.3) is 0 Å². The highest BCUT2D eigenvalue weighted by molar-refractivity contribution is 4.75. The fraction of sp³-hybridized carbons (Fsp3) is 1.00. The first-order valence-corrected chi connectivity index (χ1v) is 6.20. The van der Waals surface area contributed by atoms with Crippen molar-refractivity contribution >= 4 is 0 Å². The van der Waals surface area contributed by atoms with Gasteiger partial charge in [-0.1, -0.05) is 0 Å². The molecular weight excluding hydrogens is 204 g/mol. The van der Waals surface area contributed by atoms with Crippen LogP contribution in [0.15, 0.2) is 0 Å². The Morgan fingerprint density at radius 2 is 2.19 bits per heavy atom. The third-order valence-electron chi connectivity index (χ3n) is 2.84. The zero-order chi connectivity index (χ0) is 12.0. The molecule has 0 aromatic carbocycles. The van der Waals surface area contributed by atoms with E-state index in [0.717, 1.165) is 32.7 Å². The highest BCUT2D eigenvalue weighted by Crippen LogP contribution is 2.07. The van der Waals surface area contributed by atoms with Gasteiger partial charge in [0.15, 0.2) is 0 Å². The lowest BCUT2D eigenvalue weighted by Gasteiger charge is -2.34. The molecule has 0 amide bonds. The minimum Gasteiger partial charge on any atom is -0.395 e. The zero-order valence-electron chi connectivity index (χ0n) is 10.8. The van der Waals surface area contributed by atoms with Gasteiger partial charge >= 0.3 is 0 Å². The summed E-state index contributed by atoms with van der Waals surface area (Å²) in [5.41, 5.74) is 0.196. The van der Waals surface area contributed by atoms with E-state index >= 15 is 0 Å². The van der Waals surface area contributed by atoms with Crippen LogP contribution in [0.1, 0.15) is 27.2 Å². The van der Waals surface area contributed by atoms with Crippen LogP contribution in [0, 0.1) is 0 Å². The van der Waals surface area contributed by atoms with Gasteiger partial charge in [-0.05, 0) is 40.3 Å². The number of aliphatic hydroxyl groups is 1. The van der Waals surface area contributed by atoms with Gasteiger partial charge in [0, 0.05) is 12.1 Å². The summed E-state index contributed by atoms with van der Waals surface area (Å²) < 4.78 is 5.35. The largest absolute Gasteiger partial charge is 0.395 e. The second-order valence-electron chi connectivity index (χ2n) is 5.48. The van der Waals surface area contributed by atoms with Crippen molar-refractivity contribution in [1.29, 1.82) is 0 Å². The molecule has 1 heterocycles. The maximum Gasteiger partial charge on any atom is 0.0644 e. The second-order valence-corrected chi connectivity index (χ2v) is 5.48. The van der Waals surface area contributed by atoms with E-state index < -0.39 is 0 Å². The van der Waals surface area contributed by atoms with Gasteiger partial charge in [0.1, 0.15) is 0 Å². The number of nitrogens with one attached hydrogen (secondary N) is 1. The lowest BCUT2D eigenvalue weighted by molar-refractivity contribution is -0.0276. The number of morpholine rings is 1. The Hall–Kier alpha value is -0.160. The number of hydrogen-bond acceptors (Lipinski definition) is 4. The molecule has 1 unspecified atom stereocenters. The van der Waals surface area contributed by atoms with Crippen molar-refractivity contribution in [1.82, 2.24) is 10.2 Å². The number of ether oxygens (including phenoxy) is 1. The summed E-state index contributed by atoms with van der Waals surface area (Å²) in [6, 6.07) is 0.198. The molecule has 1 saturated heterocycles. The van der Waals surface area contributed by atoms with Gasteiger partial charge in [-0.3, -0.25) is 4.90 Å². The highest BCUT2D eigenvalue weighted by Gasteiger charge is 2.21. The molecule has 1 aliphatic heterocycles. The van der Waals surface area contributed by atoms with Crippen LogP contribution in [0.4, 0.5) is 0 Å². The molecule has 0 aromatic rings.